The van der Waals surface area contributed by atoms with Crippen LogP contribution in [0, 0.1) is 5.92 Å². The Labute approximate surface area is 139 Å². The van der Waals surface area contributed by atoms with Crippen LogP contribution in [0.3, 0.4) is 0 Å². The number of aromatic nitrogens is 3. The molecule has 0 aliphatic heterocycles. The Bertz CT molecular complexity index is 783. The minimum atomic E-state index is -4.59. The number of carbonyl (C=O) groups is 1. The topological polar surface area (TPSA) is 76.9 Å². The van der Waals surface area contributed by atoms with Crippen LogP contribution in [0.1, 0.15) is 24.4 Å². The van der Waals surface area contributed by atoms with Crippen molar-refractivity contribution < 1.29 is 18.0 Å². The summed E-state index contributed by atoms with van der Waals surface area (Å²) in [6.45, 7) is 3.49. The van der Waals surface area contributed by atoms with Crippen LogP contribution in [-0.4, -0.2) is 20.7 Å². The summed E-state index contributed by atoms with van der Waals surface area (Å²) in [6, 6.07) is 1.46. The average molecular weight is 360 g/mol. The van der Waals surface area contributed by atoms with Crippen molar-refractivity contribution in [1.29, 1.82) is 0 Å². The van der Waals surface area contributed by atoms with Gasteiger partial charge in [0.1, 0.15) is 11.6 Å². The molecule has 0 aliphatic carbocycles. The Balaban J connectivity index is 2.07. The Kier molecular flexibility index (Phi) is 5.37. The Morgan fingerprint density at radius 3 is 2.67 bits per heavy atom. The van der Waals surface area contributed by atoms with E-state index in [2.05, 4.69) is 15.5 Å². The van der Waals surface area contributed by atoms with Crippen molar-refractivity contribution in [1.82, 2.24) is 14.8 Å². The van der Waals surface area contributed by atoms with Crippen LogP contribution >= 0.6 is 11.3 Å². The van der Waals surface area contributed by atoms with Crippen LogP contribution in [0.5, 0.6) is 0 Å². The molecule has 0 saturated carbocycles. The van der Waals surface area contributed by atoms with E-state index < -0.39 is 29.8 Å². The van der Waals surface area contributed by atoms with Gasteiger partial charge in [0.25, 0.3) is 5.56 Å². The van der Waals surface area contributed by atoms with Gasteiger partial charge >= 0.3 is 6.18 Å². The van der Waals surface area contributed by atoms with Crippen LogP contribution in [0.15, 0.2) is 23.1 Å². The summed E-state index contributed by atoms with van der Waals surface area (Å²) >= 11 is 1.19. The molecular weight excluding hydrogens is 345 g/mol. The van der Waals surface area contributed by atoms with E-state index in [0.29, 0.717) is 29.2 Å². The number of anilines is 1. The van der Waals surface area contributed by atoms with E-state index in [1.54, 1.807) is 0 Å². The molecule has 0 aliphatic rings. The molecule has 2 aromatic rings. The summed E-state index contributed by atoms with van der Waals surface area (Å²) in [4.78, 5) is 23.5. The highest BCUT2D eigenvalue weighted by Gasteiger charge is 2.31. The first-order valence-corrected chi connectivity index (χ1v) is 7.86. The zero-order valence-electron chi connectivity index (χ0n) is 12.9. The van der Waals surface area contributed by atoms with Crippen molar-refractivity contribution in [2.24, 2.45) is 5.92 Å². The largest absolute Gasteiger partial charge is 0.417 e. The van der Waals surface area contributed by atoms with Crippen molar-refractivity contribution in [3.05, 3.63) is 39.3 Å². The number of nitrogens with zero attached hydrogens (tertiary/aromatic N) is 3. The number of amides is 1. The molecular formula is C14H15F3N4O2S. The number of halogens is 3. The van der Waals surface area contributed by atoms with Gasteiger partial charge in [0.2, 0.25) is 11.0 Å². The van der Waals surface area contributed by atoms with Gasteiger partial charge in [-0.15, -0.1) is 10.2 Å². The van der Waals surface area contributed by atoms with Crippen LogP contribution < -0.4 is 10.9 Å². The van der Waals surface area contributed by atoms with E-state index >= 15 is 0 Å². The third-order valence-electron chi connectivity index (χ3n) is 2.92. The Morgan fingerprint density at radius 2 is 2.04 bits per heavy atom. The van der Waals surface area contributed by atoms with E-state index in [1.807, 2.05) is 13.8 Å². The first-order chi connectivity index (χ1) is 11.1. The van der Waals surface area contributed by atoms with Crippen molar-refractivity contribution in [2.45, 2.75) is 33.0 Å². The zero-order valence-corrected chi connectivity index (χ0v) is 13.7. The fraction of sp³-hybridized carbons (Fsp3) is 0.429. The van der Waals surface area contributed by atoms with Gasteiger partial charge in [-0.25, -0.2) is 0 Å². The van der Waals surface area contributed by atoms with Crippen LogP contribution in [0.4, 0.5) is 18.3 Å². The number of carbonyl (C=O) groups excluding carboxylic acids is 1. The minimum Gasteiger partial charge on any atom is -0.305 e. The second-order valence-electron chi connectivity index (χ2n) is 5.53. The van der Waals surface area contributed by atoms with E-state index in [0.717, 1.165) is 11.1 Å². The Morgan fingerprint density at radius 1 is 1.33 bits per heavy atom. The number of alkyl halides is 3. The number of hydrogen-bond acceptors (Lipinski definition) is 5. The smallest absolute Gasteiger partial charge is 0.305 e. The molecule has 0 fully saturated rings. The maximum absolute atomic E-state index is 12.7. The molecule has 2 heterocycles. The summed E-state index contributed by atoms with van der Waals surface area (Å²) in [5.74, 6) is -0.270. The fourth-order valence-electron chi connectivity index (χ4n) is 1.87. The molecule has 0 radical (unpaired) electrons. The van der Waals surface area contributed by atoms with Gasteiger partial charge in [-0.3, -0.25) is 14.9 Å². The van der Waals surface area contributed by atoms with Crippen molar-refractivity contribution in [3.8, 4) is 0 Å². The van der Waals surface area contributed by atoms with Crippen LogP contribution in [0.25, 0.3) is 0 Å². The number of rotatable bonds is 5. The van der Waals surface area contributed by atoms with Gasteiger partial charge < -0.3 is 4.57 Å². The maximum atomic E-state index is 12.7. The second-order valence-corrected chi connectivity index (χ2v) is 6.59. The van der Waals surface area contributed by atoms with Crippen LogP contribution in [0.2, 0.25) is 0 Å². The molecule has 0 atom stereocenters. The first kappa shape index (κ1) is 18.1. The average Bonchev–Trinajstić information content (AvgIpc) is 2.86. The maximum Gasteiger partial charge on any atom is 0.417 e. The molecule has 0 saturated heterocycles. The molecule has 0 bridgehead atoms. The lowest BCUT2D eigenvalue weighted by atomic mass is 10.1. The molecule has 1 amide bonds. The highest BCUT2D eigenvalue weighted by Crippen LogP contribution is 2.28. The summed E-state index contributed by atoms with van der Waals surface area (Å²) in [5.41, 5.74) is -1.69. The highest BCUT2D eigenvalue weighted by atomic mass is 32.1. The lowest BCUT2D eigenvalue weighted by molar-refractivity contribution is -0.138. The standard InChI is InChI=1S/C14H15F3N4O2S/c1-8(2)5-11-19-20-13(24-11)18-10(22)7-21-6-9(14(15,16)17)3-4-12(21)23/h3-4,6,8H,5,7H2,1-2H3,(H,18,20,22). The van der Waals surface area contributed by atoms with Gasteiger partial charge in [0.05, 0.1) is 5.56 Å². The first-order valence-electron chi connectivity index (χ1n) is 7.05. The van der Waals surface area contributed by atoms with E-state index in [9.17, 15) is 22.8 Å². The highest BCUT2D eigenvalue weighted by molar-refractivity contribution is 7.15. The lowest BCUT2D eigenvalue weighted by Gasteiger charge is -2.10. The van der Waals surface area contributed by atoms with Gasteiger partial charge in [-0.05, 0) is 12.0 Å². The van der Waals surface area contributed by atoms with E-state index in [4.69, 9.17) is 0 Å². The van der Waals surface area contributed by atoms with Gasteiger partial charge in [0.15, 0.2) is 0 Å². The SMILES string of the molecule is CC(C)Cc1nnc(NC(=O)Cn2cc(C(F)(F)F)ccc2=O)s1. The molecule has 2 aromatic heterocycles. The van der Waals surface area contributed by atoms with Gasteiger partial charge in [0, 0.05) is 18.7 Å². The summed E-state index contributed by atoms with van der Waals surface area (Å²) in [5, 5.41) is 11.1. The van der Waals surface area contributed by atoms with Crippen molar-refractivity contribution >= 4 is 22.4 Å². The summed E-state index contributed by atoms with van der Waals surface area (Å²) in [7, 11) is 0. The predicted octanol–water partition coefficient (Wildman–Crippen LogP) is 2.56. The van der Waals surface area contributed by atoms with Crippen molar-refractivity contribution in [3.63, 3.8) is 0 Å². The summed E-state index contributed by atoms with van der Waals surface area (Å²) in [6.07, 6.45) is -3.26. The number of pyridine rings is 1. The molecule has 0 unspecified atom stereocenters. The second kappa shape index (κ2) is 7.12. The molecule has 6 nitrogen and oxygen atoms in total. The molecule has 10 heteroatoms. The lowest BCUT2D eigenvalue weighted by Crippen LogP contribution is -2.28. The van der Waals surface area contributed by atoms with E-state index in [-0.39, 0.29) is 5.13 Å². The molecule has 2 rings (SSSR count). The monoisotopic (exact) mass is 360 g/mol. The van der Waals surface area contributed by atoms with Gasteiger partial charge in [-0.2, -0.15) is 13.2 Å². The van der Waals surface area contributed by atoms with E-state index in [1.165, 1.54) is 11.3 Å². The molecule has 1 N–H and O–H groups in total. The zero-order chi connectivity index (χ0) is 17.9. The minimum absolute atomic E-state index is 0.246. The molecule has 130 valence electrons. The third kappa shape index (κ3) is 4.88. The molecule has 0 spiro atoms. The van der Waals surface area contributed by atoms with Gasteiger partial charge in [-0.1, -0.05) is 25.2 Å². The number of hydrogen-bond donors (Lipinski definition) is 1. The third-order valence-corrected chi connectivity index (χ3v) is 3.78. The number of nitrogens with one attached hydrogen (secondary N) is 1. The normalized spacial score (nSPS) is 11.8. The van der Waals surface area contributed by atoms with Crippen LogP contribution in [-0.2, 0) is 23.9 Å². The summed E-state index contributed by atoms with van der Waals surface area (Å²) < 4.78 is 38.7. The molecule has 24 heavy (non-hydrogen) atoms. The Hall–Kier alpha value is -2.23. The fourth-order valence-corrected chi connectivity index (χ4v) is 2.84. The molecule has 0 aromatic carbocycles. The predicted molar refractivity (Wildman–Crippen MR) is 82.8 cm³/mol. The quantitative estimate of drug-likeness (QED) is 0.889. The van der Waals surface area contributed by atoms with Crippen molar-refractivity contribution in [2.75, 3.05) is 5.32 Å².